The van der Waals surface area contributed by atoms with Gasteiger partial charge < -0.3 is 14.4 Å². The Kier molecular flexibility index (Phi) is 9.03. The molecule has 0 unspecified atom stereocenters. The van der Waals surface area contributed by atoms with Crippen molar-refractivity contribution in [1.29, 1.82) is 0 Å². The fraction of sp³-hybridized carbons (Fsp3) is 0.478. The standard InChI is InChI=1S/C23H29Cl2N5O5S2/c1-7-30(8-2)22(31)18-19(36-21(26-18)20-28-27-15(35-20)11-23(5,6)32)13-9-10-14(17(25)16(13)24)37(33,34)29-12(3)4/h9-10,12,29,32H,7-8,11H2,1-6H3. The molecule has 14 heteroatoms. The van der Waals surface area contributed by atoms with Crippen LogP contribution in [-0.4, -0.2) is 64.2 Å². The van der Waals surface area contributed by atoms with E-state index in [9.17, 15) is 18.3 Å². The molecule has 2 N–H and O–H groups in total. The van der Waals surface area contributed by atoms with E-state index in [-0.39, 0.29) is 55.8 Å². The summed E-state index contributed by atoms with van der Waals surface area (Å²) < 4.78 is 33.6. The van der Waals surface area contributed by atoms with Crippen LogP contribution in [-0.2, 0) is 16.4 Å². The van der Waals surface area contributed by atoms with Gasteiger partial charge in [0.2, 0.25) is 15.9 Å². The largest absolute Gasteiger partial charge is 0.419 e. The van der Waals surface area contributed by atoms with Gasteiger partial charge in [0.25, 0.3) is 11.8 Å². The number of thiazole rings is 1. The van der Waals surface area contributed by atoms with Gasteiger partial charge in [-0.1, -0.05) is 29.3 Å². The number of hydrogen-bond acceptors (Lipinski definition) is 9. The summed E-state index contributed by atoms with van der Waals surface area (Å²) >= 11 is 14.1. The molecule has 2 heterocycles. The van der Waals surface area contributed by atoms with E-state index in [1.54, 1.807) is 32.6 Å². The summed E-state index contributed by atoms with van der Waals surface area (Å²) in [4.78, 5) is 19.7. The summed E-state index contributed by atoms with van der Waals surface area (Å²) in [5, 5.41) is 18.1. The minimum atomic E-state index is -3.92. The Morgan fingerprint density at radius 3 is 2.41 bits per heavy atom. The summed E-state index contributed by atoms with van der Waals surface area (Å²) in [6.07, 6.45) is 0.130. The third-order valence-corrected chi connectivity index (χ3v) is 8.86. The second-order valence-corrected chi connectivity index (χ2v) is 12.6. The lowest BCUT2D eigenvalue weighted by molar-refractivity contribution is 0.0737. The molecule has 3 rings (SSSR count). The molecule has 0 atom stereocenters. The molecule has 0 saturated heterocycles. The highest BCUT2D eigenvalue weighted by atomic mass is 35.5. The van der Waals surface area contributed by atoms with E-state index >= 15 is 0 Å². The van der Waals surface area contributed by atoms with Crippen LogP contribution in [0.25, 0.3) is 21.3 Å². The van der Waals surface area contributed by atoms with Crippen molar-refractivity contribution in [1.82, 2.24) is 24.8 Å². The van der Waals surface area contributed by atoms with Crippen molar-refractivity contribution in [3.63, 3.8) is 0 Å². The molecule has 37 heavy (non-hydrogen) atoms. The zero-order valence-electron chi connectivity index (χ0n) is 21.3. The van der Waals surface area contributed by atoms with E-state index in [1.807, 2.05) is 13.8 Å². The molecule has 0 spiro atoms. The number of halogens is 2. The summed E-state index contributed by atoms with van der Waals surface area (Å²) in [5.41, 5.74) is -0.621. The number of aliphatic hydroxyl groups is 1. The van der Waals surface area contributed by atoms with Gasteiger partial charge in [0.05, 0.1) is 26.9 Å². The first-order chi connectivity index (χ1) is 17.2. The number of hydrogen-bond donors (Lipinski definition) is 2. The molecule has 0 saturated carbocycles. The van der Waals surface area contributed by atoms with Crippen LogP contribution < -0.4 is 4.72 Å². The van der Waals surface area contributed by atoms with Crippen LogP contribution in [0.2, 0.25) is 10.0 Å². The SMILES string of the molecule is CCN(CC)C(=O)c1nc(-c2nnc(CC(C)(C)O)o2)sc1-c1ccc(S(=O)(=O)NC(C)C)c(Cl)c1Cl. The Morgan fingerprint density at radius 2 is 1.84 bits per heavy atom. The van der Waals surface area contributed by atoms with Gasteiger partial charge in [0, 0.05) is 24.7 Å². The summed E-state index contributed by atoms with van der Waals surface area (Å²) in [6, 6.07) is 2.48. The van der Waals surface area contributed by atoms with Crippen LogP contribution >= 0.6 is 34.5 Å². The molecule has 0 radical (unpaired) electrons. The lowest BCUT2D eigenvalue weighted by Crippen LogP contribution is -2.31. The van der Waals surface area contributed by atoms with Gasteiger partial charge >= 0.3 is 0 Å². The molecule has 0 bridgehead atoms. The molecular weight excluding hydrogens is 561 g/mol. The highest BCUT2D eigenvalue weighted by molar-refractivity contribution is 7.89. The number of rotatable bonds is 10. The van der Waals surface area contributed by atoms with E-state index < -0.39 is 15.6 Å². The first-order valence-electron chi connectivity index (χ1n) is 11.5. The number of carbonyl (C=O) groups excluding carboxylic acids is 1. The molecule has 1 amide bonds. The van der Waals surface area contributed by atoms with Crippen molar-refractivity contribution in [3.05, 3.63) is 33.8 Å². The molecule has 3 aromatic rings. The monoisotopic (exact) mass is 589 g/mol. The van der Waals surface area contributed by atoms with E-state index in [0.29, 0.717) is 23.5 Å². The van der Waals surface area contributed by atoms with Gasteiger partial charge in [-0.05, 0) is 47.6 Å². The van der Waals surface area contributed by atoms with E-state index in [0.717, 1.165) is 11.3 Å². The maximum Gasteiger partial charge on any atom is 0.276 e. The molecule has 0 aliphatic rings. The molecule has 202 valence electrons. The van der Waals surface area contributed by atoms with Crippen LogP contribution in [0.4, 0.5) is 0 Å². The predicted molar refractivity (Wildman–Crippen MR) is 144 cm³/mol. The van der Waals surface area contributed by atoms with Gasteiger partial charge in [-0.3, -0.25) is 4.79 Å². The molecule has 0 fully saturated rings. The van der Waals surface area contributed by atoms with Crippen molar-refractivity contribution in [2.24, 2.45) is 0 Å². The zero-order valence-corrected chi connectivity index (χ0v) is 24.4. The van der Waals surface area contributed by atoms with Crippen LogP contribution in [0.5, 0.6) is 0 Å². The van der Waals surface area contributed by atoms with Crippen LogP contribution in [0.1, 0.15) is 57.9 Å². The Hall–Kier alpha value is -2.09. The third kappa shape index (κ3) is 6.68. The van der Waals surface area contributed by atoms with E-state index in [1.165, 1.54) is 12.1 Å². The number of nitrogens with zero attached hydrogens (tertiary/aromatic N) is 4. The molecule has 1 aromatic carbocycles. The average Bonchev–Trinajstić information content (AvgIpc) is 3.41. The second-order valence-electron chi connectivity index (χ2n) is 9.18. The van der Waals surface area contributed by atoms with Crippen molar-refractivity contribution in [3.8, 4) is 21.3 Å². The third-order valence-electron chi connectivity index (χ3n) is 5.09. The number of aromatic nitrogens is 3. The first kappa shape index (κ1) is 29.5. The van der Waals surface area contributed by atoms with Crippen LogP contribution in [0.3, 0.4) is 0 Å². The summed E-state index contributed by atoms with van der Waals surface area (Å²) in [7, 11) is -3.92. The number of nitrogens with one attached hydrogen (secondary N) is 1. The highest BCUT2D eigenvalue weighted by Crippen LogP contribution is 2.43. The maximum atomic E-state index is 13.4. The predicted octanol–water partition coefficient (Wildman–Crippen LogP) is 4.65. The van der Waals surface area contributed by atoms with Gasteiger partial charge in [0.1, 0.15) is 10.6 Å². The molecular formula is C23H29Cl2N5O5S2. The number of sulfonamides is 1. The van der Waals surface area contributed by atoms with Gasteiger partial charge in [-0.15, -0.1) is 21.5 Å². The van der Waals surface area contributed by atoms with Gasteiger partial charge in [-0.2, -0.15) is 0 Å². The van der Waals surface area contributed by atoms with E-state index in [4.69, 9.17) is 27.6 Å². The summed E-state index contributed by atoms with van der Waals surface area (Å²) in [6.45, 7) is 11.2. The summed E-state index contributed by atoms with van der Waals surface area (Å²) in [5.74, 6) is -0.0557. The molecule has 0 aliphatic heterocycles. The van der Waals surface area contributed by atoms with Crippen molar-refractivity contribution >= 4 is 50.5 Å². The molecule has 10 nitrogen and oxygen atoms in total. The van der Waals surface area contributed by atoms with E-state index in [2.05, 4.69) is 19.9 Å². The lowest BCUT2D eigenvalue weighted by Gasteiger charge is -2.18. The quantitative estimate of drug-likeness (QED) is 0.348. The Bertz CT molecular complexity index is 1390. The minimum Gasteiger partial charge on any atom is -0.419 e. The Balaban J connectivity index is 2.16. The number of amides is 1. The lowest BCUT2D eigenvalue weighted by atomic mass is 10.1. The van der Waals surface area contributed by atoms with Crippen molar-refractivity contribution in [2.75, 3.05) is 13.1 Å². The average molecular weight is 591 g/mol. The fourth-order valence-electron chi connectivity index (χ4n) is 3.47. The van der Waals surface area contributed by atoms with Gasteiger partial charge in [0.15, 0.2) is 5.01 Å². The Morgan fingerprint density at radius 1 is 1.19 bits per heavy atom. The van der Waals surface area contributed by atoms with Crippen molar-refractivity contribution in [2.45, 2.75) is 64.5 Å². The number of carbonyl (C=O) groups is 1. The Labute approximate surface area is 230 Å². The molecule has 0 aliphatic carbocycles. The first-order valence-corrected chi connectivity index (χ1v) is 14.6. The second kappa shape index (κ2) is 11.3. The smallest absolute Gasteiger partial charge is 0.276 e. The van der Waals surface area contributed by atoms with Crippen LogP contribution in [0.15, 0.2) is 21.4 Å². The number of benzene rings is 1. The molecule has 2 aromatic heterocycles. The highest BCUT2D eigenvalue weighted by Gasteiger charge is 2.29. The van der Waals surface area contributed by atoms with Crippen LogP contribution in [0, 0.1) is 0 Å². The maximum absolute atomic E-state index is 13.4. The van der Waals surface area contributed by atoms with Crippen molar-refractivity contribution < 1.29 is 22.7 Å². The topological polar surface area (TPSA) is 139 Å². The minimum absolute atomic E-state index is 0.0367. The fourth-order valence-corrected chi connectivity index (χ4v) is 6.65. The normalized spacial score (nSPS) is 12.4. The zero-order chi connectivity index (χ0) is 27.7. The van der Waals surface area contributed by atoms with Gasteiger partial charge in [-0.25, -0.2) is 18.1 Å².